The summed E-state index contributed by atoms with van der Waals surface area (Å²) < 4.78 is 6.19. The van der Waals surface area contributed by atoms with Crippen molar-refractivity contribution in [3.05, 3.63) is 57.7 Å². The van der Waals surface area contributed by atoms with Crippen LogP contribution in [-0.2, 0) is 16.2 Å². The Balaban J connectivity index is 2.48. The summed E-state index contributed by atoms with van der Waals surface area (Å²) in [4.78, 5) is 0. The monoisotopic (exact) mass is 434 g/mol. The quantitative estimate of drug-likeness (QED) is 0.459. The smallest absolute Gasteiger partial charge is 0.131 e. The Morgan fingerprint density at radius 2 is 1.29 bits per heavy atom. The van der Waals surface area contributed by atoms with Crippen molar-refractivity contribution in [3.8, 4) is 16.9 Å². The van der Waals surface area contributed by atoms with Crippen molar-refractivity contribution >= 4 is 16.3 Å². The minimum absolute atomic E-state index is 0.0153. The van der Waals surface area contributed by atoms with Crippen LogP contribution in [0.2, 0.25) is 0 Å². The molecule has 1 aliphatic carbocycles. The molecule has 2 heteroatoms. The molecule has 2 aromatic carbocycles. The first kappa shape index (κ1) is 23.9. The summed E-state index contributed by atoms with van der Waals surface area (Å²) in [5.41, 5.74) is 11.7. The molecule has 0 aliphatic heterocycles. The second-order valence-electron chi connectivity index (χ2n) is 12.5. The predicted octanol–water partition coefficient (Wildman–Crippen LogP) is 7.08. The van der Waals surface area contributed by atoms with Crippen LogP contribution in [0.3, 0.4) is 0 Å². The molecule has 1 unspecified atom stereocenters. The van der Waals surface area contributed by atoms with Crippen LogP contribution >= 0.6 is 0 Å². The molecule has 1 nitrogen and oxygen atoms in total. The molecule has 0 bridgehead atoms. The van der Waals surface area contributed by atoms with Gasteiger partial charge in [0.15, 0.2) is 0 Å². The summed E-state index contributed by atoms with van der Waals surface area (Å²) in [5.74, 6) is 1.04. The topological polar surface area (TPSA) is 9.23 Å². The van der Waals surface area contributed by atoms with E-state index in [0.29, 0.717) is 5.54 Å². The van der Waals surface area contributed by atoms with Gasteiger partial charge in [-0.3, -0.25) is 0 Å². The zero-order valence-electron chi connectivity index (χ0n) is 21.9. The SMILES string of the molecule is COc1c(C(C)(C)C)cc2c(c1-c1cc(C(C)(C)C)cc(C(C)(C)C)c1)C=C(C)C2[SiH3]. The summed E-state index contributed by atoms with van der Waals surface area (Å²) in [5, 5.41) is 0. The lowest BCUT2D eigenvalue weighted by Gasteiger charge is -2.29. The van der Waals surface area contributed by atoms with Crippen molar-refractivity contribution in [3.63, 3.8) is 0 Å². The van der Waals surface area contributed by atoms with E-state index in [-0.39, 0.29) is 16.2 Å². The molecule has 3 rings (SSSR count). The van der Waals surface area contributed by atoms with Crippen LogP contribution < -0.4 is 4.74 Å². The van der Waals surface area contributed by atoms with Gasteiger partial charge in [-0.05, 0) is 56.5 Å². The molecule has 0 fully saturated rings. The van der Waals surface area contributed by atoms with Gasteiger partial charge in [0.25, 0.3) is 0 Å². The van der Waals surface area contributed by atoms with Gasteiger partial charge in [-0.25, -0.2) is 0 Å². The minimum Gasteiger partial charge on any atom is -0.496 e. The maximum Gasteiger partial charge on any atom is 0.131 e. The van der Waals surface area contributed by atoms with E-state index in [1.165, 1.54) is 44.5 Å². The van der Waals surface area contributed by atoms with Crippen LogP contribution in [0.25, 0.3) is 17.2 Å². The Morgan fingerprint density at radius 3 is 1.71 bits per heavy atom. The van der Waals surface area contributed by atoms with E-state index in [1.807, 2.05) is 7.11 Å². The molecule has 1 aliphatic rings. The lowest BCUT2D eigenvalue weighted by Crippen LogP contribution is -2.17. The van der Waals surface area contributed by atoms with Crippen molar-refractivity contribution in [1.29, 1.82) is 0 Å². The first-order valence-electron chi connectivity index (χ1n) is 11.7. The fraction of sp³-hybridized carbons (Fsp3) is 0.517. The third kappa shape index (κ3) is 4.42. The zero-order valence-corrected chi connectivity index (χ0v) is 23.9. The Bertz CT molecular complexity index is 1000. The number of benzene rings is 2. The van der Waals surface area contributed by atoms with Crippen LogP contribution in [-0.4, -0.2) is 17.4 Å². The summed E-state index contributed by atoms with van der Waals surface area (Å²) in [6.45, 7) is 23.0. The predicted molar refractivity (Wildman–Crippen MR) is 141 cm³/mol. The van der Waals surface area contributed by atoms with Gasteiger partial charge >= 0.3 is 0 Å². The van der Waals surface area contributed by atoms with Gasteiger partial charge < -0.3 is 4.74 Å². The van der Waals surface area contributed by atoms with Crippen LogP contribution in [0.5, 0.6) is 5.75 Å². The van der Waals surface area contributed by atoms with Gasteiger partial charge in [0.1, 0.15) is 5.75 Å². The van der Waals surface area contributed by atoms with E-state index in [9.17, 15) is 0 Å². The highest BCUT2D eigenvalue weighted by atomic mass is 28.1. The number of rotatable bonds is 2. The molecule has 0 radical (unpaired) electrons. The molecule has 0 heterocycles. The van der Waals surface area contributed by atoms with E-state index in [1.54, 1.807) is 0 Å². The Hall–Kier alpha value is -1.80. The van der Waals surface area contributed by atoms with Crippen LogP contribution in [0.15, 0.2) is 29.8 Å². The van der Waals surface area contributed by atoms with Crippen molar-refractivity contribution < 1.29 is 4.74 Å². The second kappa shape index (κ2) is 7.66. The highest BCUT2D eigenvalue weighted by Crippen LogP contribution is 2.49. The van der Waals surface area contributed by atoms with Crippen molar-refractivity contribution in [2.24, 2.45) is 0 Å². The molecule has 1 atom stereocenters. The number of methoxy groups -OCH3 is 1. The number of ether oxygens (including phenoxy) is 1. The van der Waals surface area contributed by atoms with Crippen molar-refractivity contribution in [2.75, 3.05) is 7.11 Å². The molecule has 0 saturated heterocycles. The van der Waals surface area contributed by atoms with E-state index in [2.05, 4.69) is 99.6 Å². The molecule has 0 saturated carbocycles. The van der Waals surface area contributed by atoms with E-state index in [4.69, 9.17) is 4.74 Å². The maximum atomic E-state index is 6.19. The molecular weight excluding hydrogens is 392 g/mol. The number of hydrogen-bond acceptors (Lipinski definition) is 1. The van der Waals surface area contributed by atoms with Gasteiger partial charge in [0.05, 0.1) is 7.11 Å². The lowest BCUT2D eigenvalue weighted by atomic mass is 9.77. The van der Waals surface area contributed by atoms with Gasteiger partial charge in [-0.15, -0.1) is 0 Å². The van der Waals surface area contributed by atoms with E-state index >= 15 is 0 Å². The third-order valence-electron chi connectivity index (χ3n) is 6.84. The molecule has 168 valence electrons. The third-order valence-corrected chi connectivity index (χ3v) is 8.37. The fourth-order valence-electron chi connectivity index (χ4n) is 4.51. The first-order valence-corrected chi connectivity index (χ1v) is 12.8. The summed E-state index contributed by atoms with van der Waals surface area (Å²) in [7, 11) is 2.97. The number of allylic oxidation sites excluding steroid dienone is 1. The van der Waals surface area contributed by atoms with Crippen LogP contribution in [0.4, 0.5) is 0 Å². The lowest BCUT2D eigenvalue weighted by molar-refractivity contribution is 0.399. The Kier molecular flexibility index (Phi) is 5.89. The van der Waals surface area contributed by atoms with E-state index in [0.717, 1.165) is 16.0 Å². The minimum atomic E-state index is 0.0153. The number of hydrogen-bond donors (Lipinski definition) is 0. The average Bonchev–Trinajstić information content (AvgIpc) is 2.91. The fourth-order valence-corrected chi connectivity index (χ4v) is 5.15. The highest BCUT2D eigenvalue weighted by molar-refractivity contribution is 6.17. The van der Waals surface area contributed by atoms with Gasteiger partial charge in [0.2, 0.25) is 0 Å². The molecule has 31 heavy (non-hydrogen) atoms. The van der Waals surface area contributed by atoms with Gasteiger partial charge in [-0.2, -0.15) is 0 Å². The van der Waals surface area contributed by atoms with Gasteiger partial charge in [0, 0.05) is 21.4 Å². The molecular formula is C29H42OSi. The van der Waals surface area contributed by atoms with Gasteiger partial charge in [-0.1, -0.05) is 98.2 Å². The normalized spacial score (nSPS) is 17.0. The maximum absolute atomic E-state index is 6.19. The van der Waals surface area contributed by atoms with E-state index < -0.39 is 0 Å². The van der Waals surface area contributed by atoms with Crippen molar-refractivity contribution in [2.45, 2.75) is 91.0 Å². The molecule has 0 N–H and O–H groups in total. The Labute approximate surface area is 193 Å². The number of fused-ring (bicyclic) bond motifs is 1. The Morgan fingerprint density at radius 1 is 0.774 bits per heavy atom. The second-order valence-corrected chi connectivity index (χ2v) is 13.6. The zero-order chi connectivity index (χ0) is 23.5. The standard InChI is InChI=1S/C29H42OSi/c1-17-12-21-22(26(17)31)16-23(29(8,9)10)25(30-11)24(21)18-13-19(27(2,3)4)15-20(14-18)28(5,6)7/h12-16,26H,1-11,31H3. The molecule has 0 amide bonds. The van der Waals surface area contributed by atoms with Crippen LogP contribution in [0, 0.1) is 0 Å². The summed E-state index contributed by atoms with van der Waals surface area (Å²) in [6, 6.07) is 9.65. The average molecular weight is 435 g/mol. The van der Waals surface area contributed by atoms with Crippen molar-refractivity contribution in [1.82, 2.24) is 0 Å². The largest absolute Gasteiger partial charge is 0.496 e. The summed E-state index contributed by atoms with van der Waals surface area (Å²) >= 11 is 0. The molecule has 0 aromatic heterocycles. The molecule has 2 aromatic rings. The first-order chi connectivity index (χ1) is 14.1. The molecule has 0 spiro atoms. The highest BCUT2D eigenvalue weighted by Gasteiger charge is 2.31. The summed E-state index contributed by atoms with van der Waals surface area (Å²) in [6.07, 6.45) is 2.41. The van der Waals surface area contributed by atoms with Crippen LogP contribution in [0.1, 0.15) is 103 Å².